The Morgan fingerprint density at radius 2 is 2.41 bits per heavy atom. The maximum atomic E-state index is 10.8. The van der Waals surface area contributed by atoms with Crippen LogP contribution in [0.3, 0.4) is 0 Å². The zero-order chi connectivity index (χ0) is 11.8. The number of nitrogens with zero attached hydrogens (tertiary/aromatic N) is 2. The molecule has 2 aromatic heterocycles. The lowest BCUT2D eigenvalue weighted by Gasteiger charge is -1.96. The molecule has 2 aromatic rings. The highest BCUT2D eigenvalue weighted by molar-refractivity contribution is 5.88. The van der Waals surface area contributed by atoms with Gasteiger partial charge in [-0.25, -0.2) is 9.78 Å². The zero-order valence-electron chi connectivity index (χ0n) is 9.26. The van der Waals surface area contributed by atoms with Crippen LogP contribution in [0, 0.1) is 0 Å². The summed E-state index contributed by atoms with van der Waals surface area (Å²) in [5.74, 6) is -0.923. The molecule has 5 nitrogen and oxygen atoms in total. The molecule has 1 aliphatic rings. The van der Waals surface area contributed by atoms with Gasteiger partial charge in [0.15, 0.2) is 0 Å². The molecule has 0 unspecified atom stereocenters. The summed E-state index contributed by atoms with van der Waals surface area (Å²) in [5.41, 5.74) is 1.89. The van der Waals surface area contributed by atoms with Crippen molar-refractivity contribution in [3.8, 4) is 0 Å². The Kier molecular flexibility index (Phi) is 2.33. The van der Waals surface area contributed by atoms with Crippen molar-refractivity contribution in [3.63, 3.8) is 0 Å². The van der Waals surface area contributed by atoms with E-state index in [0.717, 1.165) is 12.2 Å². The van der Waals surface area contributed by atoms with Gasteiger partial charge in [-0.2, -0.15) is 0 Å². The van der Waals surface area contributed by atoms with Crippen LogP contribution in [-0.4, -0.2) is 26.5 Å². The largest absolute Gasteiger partial charge is 0.478 e. The smallest absolute Gasteiger partial charge is 0.335 e. The van der Waals surface area contributed by atoms with Crippen LogP contribution >= 0.6 is 0 Å². The summed E-state index contributed by atoms with van der Waals surface area (Å²) in [5, 5.41) is 12.3. The zero-order valence-corrected chi connectivity index (χ0v) is 9.26. The maximum Gasteiger partial charge on any atom is 0.335 e. The molecule has 0 aromatic carbocycles. The molecule has 0 atom stereocenters. The molecule has 0 saturated heterocycles. The summed E-state index contributed by atoms with van der Waals surface area (Å²) in [6, 6.07) is 3.81. The van der Waals surface area contributed by atoms with Crippen LogP contribution in [0.2, 0.25) is 0 Å². The number of nitrogens with one attached hydrogen (secondary N) is 1. The number of carboxylic acids is 1. The van der Waals surface area contributed by atoms with Crippen molar-refractivity contribution >= 4 is 11.6 Å². The van der Waals surface area contributed by atoms with E-state index in [1.807, 2.05) is 10.6 Å². The van der Waals surface area contributed by atoms with Crippen molar-refractivity contribution in [1.29, 1.82) is 0 Å². The number of hydrogen-bond donors (Lipinski definition) is 2. The third-order valence-corrected chi connectivity index (χ3v) is 2.91. The van der Waals surface area contributed by atoms with Crippen LogP contribution in [-0.2, 0) is 6.54 Å². The fourth-order valence-corrected chi connectivity index (χ4v) is 1.79. The number of imidazole rings is 1. The third-order valence-electron chi connectivity index (χ3n) is 2.91. The summed E-state index contributed by atoms with van der Waals surface area (Å²) in [6.07, 6.45) is 6.15. The van der Waals surface area contributed by atoms with Gasteiger partial charge in [-0.15, -0.1) is 0 Å². The second kappa shape index (κ2) is 3.85. The minimum atomic E-state index is -0.923. The first-order valence-electron chi connectivity index (χ1n) is 5.67. The van der Waals surface area contributed by atoms with Gasteiger partial charge in [-0.1, -0.05) is 0 Å². The summed E-state index contributed by atoms with van der Waals surface area (Å²) in [4.78, 5) is 15.2. The normalized spacial score (nSPS) is 15.3. The van der Waals surface area contributed by atoms with E-state index in [4.69, 9.17) is 5.11 Å². The predicted octanol–water partition coefficient (Wildman–Crippen LogP) is 1.28. The van der Waals surface area contributed by atoms with E-state index in [1.165, 1.54) is 12.8 Å². The Morgan fingerprint density at radius 3 is 3.12 bits per heavy atom. The number of rotatable bonds is 4. The van der Waals surface area contributed by atoms with Gasteiger partial charge in [-0.05, 0) is 25.0 Å². The molecule has 17 heavy (non-hydrogen) atoms. The fraction of sp³-hybridized carbons (Fsp3) is 0.333. The van der Waals surface area contributed by atoms with Crippen molar-refractivity contribution in [3.05, 3.63) is 35.8 Å². The van der Waals surface area contributed by atoms with E-state index in [2.05, 4.69) is 10.3 Å². The predicted molar refractivity (Wildman–Crippen MR) is 62.0 cm³/mol. The SMILES string of the molecule is O=C(O)c1ccn2cc(CNC3CC3)nc2c1. The van der Waals surface area contributed by atoms with E-state index < -0.39 is 5.97 Å². The fourth-order valence-electron chi connectivity index (χ4n) is 1.79. The first-order chi connectivity index (χ1) is 8.22. The molecule has 1 fully saturated rings. The van der Waals surface area contributed by atoms with Crippen LogP contribution in [0.15, 0.2) is 24.5 Å². The van der Waals surface area contributed by atoms with E-state index in [-0.39, 0.29) is 5.56 Å². The van der Waals surface area contributed by atoms with Gasteiger partial charge in [0.25, 0.3) is 0 Å². The van der Waals surface area contributed by atoms with Gasteiger partial charge in [0.1, 0.15) is 5.65 Å². The van der Waals surface area contributed by atoms with Gasteiger partial charge in [0.05, 0.1) is 11.3 Å². The standard InChI is InChI=1S/C12H13N3O2/c16-12(17)8-3-4-15-7-10(14-11(15)5-8)6-13-9-1-2-9/h3-5,7,9,13H,1-2,6H2,(H,16,17). The van der Waals surface area contributed by atoms with E-state index >= 15 is 0 Å². The number of aromatic carboxylic acids is 1. The van der Waals surface area contributed by atoms with Gasteiger partial charge >= 0.3 is 5.97 Å². The molecule has 1 aliphatic carbocycles. The number of pyridine rings is 1. The van der Waals surface area contributed by atoms with Crippen LogP contribution in [0.25, 0.3) is 5.65 Å². The minimum Gasteiger partial charge on any atom is -0.478 e. The molecule has 88 valence electrons. The second-order valence-corrected chi connectivity index (χ2v) is 4.37. The molecule has 5 heteroatoms. The highest BCUT2D eigenvalue weighted by atomic mass is 16.4. The third kappa shape index (κ3) is 2.14. The topological polar surface area (TPSA) is 66.6 Å². The van der Waals surface area contributed by atoms with E-state index in [1.54, 1.807) is 18.3 Å². The Morgan fingerprint density at radius 1 is 1.59 bits per heavy atom. The maximum absolute atomic E-state index is 10.8. The first-order valence-corrected chi connectivity index (χ1v) is 5.67. The molecule has 0 bridgehead atoms. The second-order valence-electron chi connectivity index (χ2n) is 4.37. The van der Waals surface area contributed by atoms with Crippen molar-refractivity contribution in [2.45, 2.75) is 25.4 Å². The lowest BCUT2D eigenvalue weighted by molar-refractivity contribution is 0.0697. The highest BCUT2D eigenvalue weighted by Crippen LogP contribution is 2.19. The number of hydrogen-bond acceptors (Lipinski definition) is 3. The highest BCUT2D eigenvalue weighted by Gasteiger charge is 2.20. The number of fused-ring (bicyclic) bond motifs is 1. The van der Waals surface area contributed by atoms with Crippen molar-refractivity contribution in [1.82, 2.24) is 14.7 Å². The molecule has 0 radical (unpaired) electrons. The van der Waals surface area contributed by atoms with Crippen LogP contribution in [0.1, 0.15) is 28.9 Å². The lowest BCUT2D eigenvalue weighted by Crippen LogP contribution is -2.15. The molecular formula is C12H13N3O2. The quantitative estimate of drug-likeness (QED) is 0.832. The molecule has 2 heterocycles. The number of carbonyl (C=O) groups is 1. The summed E-state index contributed by atoms with van der Waals surface area (Å²) in [6.45, 7) is 0.745. The summed E-state index contributed by atoms with van der Waals surface area (Å²) in [7, 11) is 0. The average Bonchev–Trinajstić information content (AvgIpc) is 3.04. The van der Waals surface area contributed by atoms with Crippen molar-refractivity contribution in [2.75, 3.05) is 0 Å². The molecule has 3 rings (SSSR count). The monoisotopic (exact) mass is 231 g/mol. The summed E-state index contributed by atoms with van der Waals surface area (Å²) >= 11 is 0. The molecule has 1 saturated carbocycles. The Hall–Kier alpha value is -1.88. The lowest BCUT2D eigenvalue weighted by atomic mass is 10.3. The Labute approximate surface area is 98.1 Å². The van der Waals surface area contributed by atoms with Gasteiger partial charge < -0.3 is 14.8 Å². The van der Waals surface area contributed by atoms with E-state index in [0.29, 0.717) is 11.7 Å². The van der Waals surface area contributed by atoms with Crippen LogP contribution in [0.4, 0.5) is 0 Å². The van der Waals surface area contributed by atoms with E-state index in [9.17, 15) is 4.79 Å². The minimum absolute atomic E-state index is 0.268. The van der Waals surface area contributed by atoms with Crippen molar-refractivity contribution in [2.24, 2.45) is 0 Å². The van der Waals surface area contributed by atoms with Gasteiger partial charge in [0, 0.05) is 25.0 Å². The molecule has 0 aliphatic heterocycles. The van der Waals surface area contributed by atoms with Crippen LogP contribution < -0.4 is 5.32 Å². The first kappa shape index (κ1) is 10.3. The molecule has 0 amide bonds. The summed E-state index contributed by atoms with van der Waals surface area (Å²) < 4.78 is 1.84. The average molecular weight is 231 g/mol. The van der Waals surface area contributed by atoms with Gasteiger partial charge in [0.2, 0.25) is 0 Å². The Balaban J connectivity index is 1.86. The number of aromatic nitrogens is 2. The molecule has 0 spiro atoms. The van der Waals surface area contributed by atoms with Gasteiger partial charge in [-0.3, -0.25) is 0 Å². The number of carboxylic acid groups (broad SMARTS) is 1. The van der Waals surface area contributed by atoms with Crippen LogP contribution in [0.5, 0.6) is 0 Å². The Bertz CT molecular complexity index is 572. The molecule has 2 N–H and O–H groups in total. The molecular weight excluding hydrogens is 218 g/mol. The van der Waals surface area contributed by atoms with Crippen molar-refractivity contribution < 1.29 is 9.90 Å².